The zero-order chi connectivity index (χ0) is 8.60. The zero-order valence-electron chi connectivity index (χ0n) is 7.01. The Balaban J connectivity index is 2.27. The van der Waals surface area contributed by atoms with Gasteiger partial charge in [0.05, 0.1) is 0 Å². The number of rotatable bonds is 0. The van der Waals surface area contributed by atoms with E-state index in [4.69, 9.17) is 0 Å². The molecule has 1 fully saturated rings. The van der Waals surface area contributed by atoms with E-state index in [0.717, 1.165) is 19.3 Å². The molecular weight excluding hydrogens is 152 g/mol. The first-order chi connectivity index (χ1) is 5.73. The maximum Gasteiger partial charge on any atom is 0.155 e. The molecule has 0 N–H and O–H groups in total. The van der Waals surface area contributed by atoms with Crippen LogP contribution < -0.4 is 0 Å². The Bertz CT molecular complexity index is 265. The van der Waals surface area contributed by atoms with Gasteiger partial charge in [0.15, 0.2) is 5.78 Å². The minimum Gasteiger partial charge on any atom is -0.299 e. The van der Waals surface area contributed by atoms with E-state index in [0.29, 0.717) is 18.6 Å². The molecule has 1 atom stereocenters. The van der Waals surface area contributed by atoms with Crippen LogP contribution >= 0.6 is 0 Å². The number of Topliss-reactive ketones (excluding diaryl/α,β-unsaturated/α-hetero) is 1. The summed E-state index contributed by atoms with van der Waals surface area (Å²) in [6, 6.07) is 0. The summed E-state index contributed by atoms with van der Waals surface area (Å²) in [5.41, 5.74) is -0.228. The highest BCUT2D eigenvalue weighted by Gasteiger charge is 2.40. The monoisotopic (exact) mass is 164 g/mol. The first-order valence-corrected chi connectivity index (χ1v) is 4.48. The standard InChI is InChI=1S/C10H12O2/c11-8-3-6-10(7-4-8)5-1-2-9(10)12/h3,6H,1-2,4-5,7H2/t10-/m1/s1. The second-order valence-corrected chi connectivity index (χ2v) is 3.73. The maximum atomic E-state index is 11.5. The molecule has 2 aliphatic carbocycles. The molecule has 2 nitrogen and oxygen atoms in total. The van der Waals surface area contributed by atoms with Crippen molar-refractivity contribution >= 4 is 11.6 Å². The van der Waals surface area contributed by atoms with E-state index < -0.39 is 0 Å². The first-order valence-electron chi connectivity index (χ1n) is 4.48. The van der Waals surface area contributed by atoms with E-state index in [1.165, 1.54) is 0 Å². The minimum absolute atomic E-state index is 0.167. The molecular formula is C10H12O2. The van der Waals surface area contributed by atoms with Crippen LogP contribution in [0.5, 0.6) is 0 Å². The Labute approximate surface area is 71.6 Å². The predicted molar refractivity (Wildman–Crippen MR) is 44.7 cm³/mol. The lowest BCUT2D eigenvalue weighted by molar-refractivity contribution is -0.125. The van der Waals surface area contributed by atoms with Gasteiger partial charge in [-0.1, -0.05) is 6.08 Å². The Morgan fingerprint density at radius 3 is 2.50 bits per heavy atom. The largest absolute Gasteiger partial charge is 0.299 e. The molecule has 2 rings (SSSR count). The van der Waals surface area contributed by atoms with Crippen molar-refractivity contribution in [3.63, 3.8) is 0 Å². The molecule has 0 bridgehead atoms. The van der Waals surface area contributed by atoms with Crippen LogP contribution in [0.2, 0.25) is 0 Å². The van der Waals surface area contributed by atoms with Crippen LogP contribution in [0.4, 0.5) is 0 Å². The van der Waals surface area contributed by atoms with Crippen molar-refractivity contribution in [2.75, 3.05) is 0 Å². The quantitative estimate of drug-likeness (QED) is 0.545. The highest BCUT2D eigenvalue weighted by Crippen LogP contribution is 2.42. The zero-order valence-corrected chi connectivity index (χ0v) is 7.01. The van der Waals surface area contributed by atoms with Crippen LogP contribution in [0, 0.1) is 5.41 Å². The summed E-state index contributed by atoms with van der Waals surface area (Å²) in [4.78, 5) is 22.4. The van der Waals surface area contributed by atoms with Gasteiger partial charge in [-0.05, 0) is 25.3 Å². The third-order valence-electron chi connectivity index (χ3n) is 2.99. The van der Waals surface area contributed by atoms with Gasteiger partial charge in [0.25, 0.3) is 0 Å². The summed E-state index contributed by atoms with van der Waals surface area (Å²) >= 11 is 0. The van der Waals surface area contributed by atoms with Crippen molar-refractivity contribution in [2.45, 2.75) is 32.1 Å². The lowest BCUT2D eigenvalue weighted by Gasteiger charge is -2.25. The summed E-state index contributed by atoms with van der Waals surface area (Å²) < 4.78 is 0. The SMILES string of the molecule is O=C1C=C[C@]2(CCCC2=O)CC1. The summed E-state index contributed by atoms with van der Waals surface area (Å²) in [5, 5.41) is 0. The van der Waals surface area contributed by atoms with Gasteiger partial charge in [-0.15, -0.1) is 0 Å². The second-order valence-electron chi connectivity index (χ2n) is 3.73. The molecule has 0 unspecified atom stereocenters. The van der Waals surface area contributed by atoms with Gasteiger partial charge < -0.3 is 0 Å². The average Bonchev–Trinajstić information content (AvgIpc) is 2.41. The van der Waals surface area contributed by atoms with Crippen LogP contribution in [0.15, 0.2) is 12.2 Å². The van der Waals surface area contributed by atoms with E-state index in [2.05, 4.69) is 0 Å². The molecule has 12 heavy (non-hydrogen) atoms. The van der Waals surface area contributed by atoms with Crippen molar-refractivity contribution in [2.24, 2.45) is 5.41 Å². The fraction of sp³-hybridized carbons (Fsp3) is 0.600. The molecule has 1 saturated carbocycles. The summed E-state index contributed by atoms with van der Waals surface area (Å²) in [5.74, 6) is 0.506. The average molecular weight is 164 g/mol. The number of ketones is 2. The predicted octanol–water partition coefficient (Wildman–Crippen LogP) is 1.64. The molecule has 0 aromatic carbocycles. The Hall–Kier alpha value is -0.920. The van der Waals surface area contributed by atoms with Gasteiger partial charge in [-0.25, -0.2) is 0 Å². The van der Waals surface area contributed by atoms with E-state index in [9.17, 15) is 9.59 Å². The van der Waals surface area contributed by atoms with Crippen LogP contribution in [0.25, 0.3) is 0 Å². The highest BCUT2D eigenvalue weighted by molar-refractivity contribution is 5.96. The molecule has 0 aromatic rings. The number of carbonyl (C=O) groups is 2. The molecule has 0 heterocycles. The molecule has 2 heteroatoms. The van der Waals surface area contributed by atoms with Crippen LogP contribution in [0.1, 0.15) is 32.1 Å². The van der Waals surface area contributed by atoms with Crippen LogP contribution in [0.3, 0.4) is 0 Å². The minimum atomic E-state index is -0.228. The van der Waals surface area contributed by atoms with Gasteiger partial charge in [-0.3, -0.25) is 9.59 Å². The van der Waals surface area contributed by atoms with Gasteiger partial charge in [0.2, 0.25) is 0 Å². The number of hydrogen-bond donors (Lipinski definition) is 0. The second kappa shape index (κ2) is 2.54. The fourth-order valence-corrected chi connectivity index (χ4v) is 2.16. The lowest BCUT2D eigenvalue weighted by atomic mass is 9.77. The molecule has 0 amide bonds. The number of allylic oxidation sites excluding steroid dienone is 2. The van der Waals surface area contributed by atoms with Gasteiger partial charge >= 0.3 is 0 Å². The van der Waals surface area contributed by atoms with Crippen molar-refractivity contribution in [1.29, 1.82) is 0 Å². The smallest absolute Gasteiger partial charge is 0.155 e. The maximum absolute atomic E-state index is 11.5. The van der Waals surface area contributed by atoms with Crippen molar-refractivity contribution in [3.05, 3.63) is 12.2 Å². The third kappa shape index (κ3) is 1.02. The highest BCUT2D eigenvalue weighted by atomic mass is 16.1. The summed E-state index contributed by atoms with van der Waals surface area (Å²) in [6.45, 7) is 0. The van der Waals surface area contributed by atoms with Gasteiger partial charge in [0.1, 0.15) is 5.78 Å². The Morgan fingerprint density at radius 2 is 2.00 bits per heavy atom. The van der Waals surface area contributed by atoms with Crippen LogP contribution in [-0.4, -0.2) is 11.6 Å². The summed E-state index contributed by atoms with van der Waals surface area (Å²) in [7, 11) is 0. The Morgan fingerprint density at radius 1 is 1.17 bits per heavy atom. The van der Waals surface area contributed by atoms with Crippen molar-refractivity contribution in [1.82, 2.24) is 0 Å². The van der Waals surface area contributed by atoms with E-state index in [1.54, 1.807) is 6.08 Å². The third-order valence-corrected chi connectivity index (χ3v) is 2.99. The molecule has 1 spiro atoms. The van der Waals surface area contributed by atoms with E-state index in [1.807, 2.05) is 6.08 Å². The molecule has 0 aliphatic heterocycles. The molecule has 64 valence electrons. The normalized spacial score (nSPS) is 35.0. The topological polar surface area (TPSA) is 34.1 Å². The van der Waals surface area contributed by atoms with E-state index >= 15 is 0 Å². The van der Waals surface area contributed by atoms with Crippen LogP contribution in [-0.2, 0) is 9.59 Å². The Kier molecular flexibility index (Phi) is 1.63. The number of hydrogen-bond acceptors (Lipinski definition) is 2. The molecule has 0 aromatic heterocycles. The molecule has 0 saturated heterocycles. The van der Waals surface area contributed by atoms with Gasteiger partial charge in [-0.2, -0.15) is 0 Å². The van der Waals surface area contributed by atoms with Crippen molar-refractivity contribution < 1.29 is 9.59 Å². The van der Waals surface area contributed by atoms with Crippen molar-refractivity contribution in [3.8, 4) is 0 Å². The fourth-order valence-electron chi connectivity index (χ4n) is 2.16. The van der Waals surface area contributed by atoms with Gasteiger partial charge in [0, 0.05) is 18.3 Å². The summed E-state index contributed by atoms with van der Waals surface area (Å²) in [6.07, 6.45) is 7.40. The van der Waals surface area contributed by atoms with E-state index in [-0.39, 0.29) is 11.2 Å². The first kappa shape index (κ1) is 7.71. The molecule has 0 radical (unpaired) electrons. The molecule has 2 aliphatic rings. The number of carbonyl (C=O) groups excluding carboxylic acids is 2. The lowest BCUT2D eigenvalue weighted by Crippen LogP contribution is -2.27.